The highest BCUT2D eigenvalue weighted by Gasteiger charge is 2.45. The van der Waals surface area contributed by atoms with Gasteiger partial charge in [-0.25, -0.2) is 0 Å². The lowest BCUT2D eigenvalue weighted by molar-refractivity contribution is 0.0954. The summed E-state index contributed by atoms with van der Waals surface area (Å²) in [5.41, 5.74) is 5.46. The van der Waals surface area contributed by atoms with E-state index in [-0.39, 0.29) is 22.3 Å². The molecule has 0 unspecified atom stereocenters. The second kappa shape index (κ2) is 27.7. The van der Waals surface area contributed by atoms with Gasteiger partial charge in [0.2, 0.25) is 0 Å². The minimum atomic E-state index is -0.847. The third kappa shape index (κ3) is 14.5. The molecule has 1 aliphatic carbocycles. The zero-order chi connectivity index (χ0) is 47.2. The smallest absolute Gasteiger partial charge is 0.172 e. The predicted octanol–water partition coefficient (Wildman–Crippen LogP) is 18.7. The molecule has 0 amide bonds. The molecular formula is C59H82N4OS2. The summed E-state index contributed by atoms with van der Waals surface area (Å²) in [7, 11) is 4.20. The molecule has 0 atom stereocenters. The second-order valence-corrected chi connectivity index (χ2v) is 22.2. The van der Waals surface area contributed by atoms with Crippen molar-refractivity contribution in [3.05, 3.63) is 81.0 Å². The summed E-state index contributed by atoms with van der Waals surface area (Å²) in [6.45, 7) is 8.40. The third-order valence-electron chi connectivity index (χ3n) is 14.3. The van der Waals surface area contributed by atoms with Gasteiger partial charge in [-0.2, -0.15) is 15.8 Å². The zero-order valence-corrected chi connectivity index (χ0v) is 43.6. The number of anilines is 1. The van der Waals surface area contributed by atoms with Crippen molar-refractivity contribution in [3.8, 4) is 38.4 Å². The van der Waals surface area contributed by atoms with Crippen LogP contribution in [-0.4, -0.2) is 19.7 Å². The number of nitrogens with zero attached hydrogens (tertiary/aromatic N) is 4. The monoisotopic (exact) mass is 927 g/mol. The van der Waals surface area contributed by atoms with Crippen LogP contribution in [0.2, 0.25) is 0 Å². The fraction of sp³-hybridized carbons (Fsp3) is 0.610. The molecule has 66 heavy (non-hydrogen) atoms. The van der Waals surface area contributed by atoms with Crippen LogP contribution in [0.1, 0.15) is 223 Å². The Labute approximate surface area is 409 Å². The van der Waals surface area contributed by atoms with E-state index >= 15 is 0 Å². The van der Waals surface area contributed by atoms with Gasteiger partial charge in [0.25, 0.3) is 0 Å². The van der Waals surface area contributed by atoms with E-state index < -0.39 is 5.60 Å². The van der Waals surface area contributed by atoms with Crippen molar-refractivity contribution in [2.45, 2.75) is 218 Å². The van der Waals surface area contributed by atoms with Gasteiger partial charge >= 0.3 is 0 Å². The Hall–Kier alpha value is -4.09. The van der Waals surface area contributed by atoms with Crippen LogP contribution in [0, 0.1) is 34.0 Å². The summed E-state index contributed by atoms with van der Waals surface area (Å²) in [6.07, 6.45) is 41.8. The highest BCUT2D eigenvalue weighted by molar-refractivity contribution is 7.24. The van der Waals surface area contributed by atoms with Crippen molar-refractivity contribution >= 4 is 34.4 Å². The van der Waals surface area contributed by atoms with Gasteiger partial charge in [-0.1, -0.05) is 199 Å². The maximum atomic E-state index is 10.3. The Morgan fingerprint density at radius 2 is 1.03 bits per heavy atom. The number of fused-ring (bicyclic) bond motifs is 3. The van der Waals surface area contributed by atoms with Gasteiger partial charge in [0.15, 0.2) is 11.3 Å². The van der Waals surface area contributed by atoms with Gasteiger partial charge < -0.3 is 9.64 Å². The Balaban J connectivity index is 1.38. The summed E-state index contributed by atoms with van der Waals surface area (Å²) < 4.78 is 6.12. The van der Waals surface area contributed by atoms with Crippen LogP contribution in [0.3, 0.4) is 0 Å². The number of ether oxygens (including phenoxy) is 1. The first-order valence-corrected chi connectivity index (χ1v) is 27.9. The molecule has 0 fully saturated rings. The Morgan fingerprint density at radius 1 is 0.591 bits per heavy atom. The van der Waals surface area contributed by atoms with Crippen molar-refractivity contribution < 1.29 is 4.74 Å². The average Bonchev–Trinajstić information content (AvgIpc) is 4.06. The van der Waals surface area contributed by atoms with E-state index in [9.17, 15) is 15.8 Å². The molecule has 5 nitrogen and oxygen atoms in total. The zero-order valence-electron chi connectivity index (χ0n) is 41.9. The summed E-state index contributed by atoms with van der Waals surface area (Å²) in [4.78, 5) is 7.52. The number of thiophene rings is 2. The largest absolute Gasteiger partial charge is 0.480 e. The van der Waals surface area contributed by atoms with Crippen LogP contribution in [0.15, 0.2) is 65.0 Å². The number of hydrogen-bond donors (Lipinski definition) is 0. The fourth-order valence-corrected chi connectivity index (χ4v) is 12.9. The van der Waals surface area contributed by atoms with Crippen LogP contribution >= 0.6 is 22.7 Å². The average molecular weight is 927 g/mol. The molecule has 3 aromatic rings. The van der Waals surface area contributed by atoms with Gasteiger partial charge in [0.05, 0.1) is 0 Å². The van der Waals surface area contributed by atoms with Crippen molar-refractivity contribution in [1.29, 1.82) is 15.8 Å². The number of benzene rings is 1. The Morgan fingerprint density at radius 3 is 1.47 bits per heavy atom. The molecule has 1 aliphatic heterocycles. The van der Waals surface area contributed by atoms with Gasteiger partial charge in [-0.15, -0.1) is 22.7 Å². The molecule has 0 N–H and O–H groups in total. The highest BCUT2D eigenvalue weighted by atomic mass is 32.1. The summed E-state index contributed by atoms with van der Waals surface area (Å²) in [6, 6.07) is 20.2. The van der Waals surface area contributed by atoms with E-state index in [1.54, 1.807) is 5.56 Å². The topological polar surface area (TPSA) is 83.8 Å². The van der Waals surface area contributed by atoms with Crippen molar-refractivity contribution in [1.82, 2.24) is 0 Å². The van der Waals surface area contributed by atoms with Crippen molar-refractivity contribution in [2.24, 2.45) is 0 Å². The van der Waals surface area contributed by atoms with E-state index in [1.165, 1.54) is 211 Å². The lowest BCUT2D eigenvalue weighted by atomic mass is 9.71. The van der Waals surface area contributed by atoms with E-state index in [1.807, 2.05) is 54.7 Å². The van der Waals surface area contributed by atoms with Crippen molar-refractivity contribution in [3.63, 3.8) is 0 Å². The molecule has 356 valence electrons. The summed E-state index contributed by atoms with van der Waals surface area (Å²) in [5, 5.41) is 29.6. The predicted molar refractivity (Wildman–Crippen MR) is 284 cm³/mol. The Bertz CT molecular complexity index is 2130. The lowest BCUT2D eigenvalue weighted by Gasteiger charge is -2.31. The molecular weight excluding hydrogens is 845 g/mol. The third-order valence-corrected chi connectivity index (χ3v) is 16.7. The lowest BCUT2D eigenvalue weighted by Crippen LogP contribution is -2.25. The van der Waals surface area contributed by atoms with Crippen LogP contribution in [0.4, 0.5) is 5.69 Å². The SMILES string of the molecule is CCCCCCCCCCCCCCCC1(CCCCCCCCCCCCCCC)c2cc(/C=C/C3=C(C#N)C(=C(C#N)C#N)OC3(C)C)sc2-c2sc(-c3ccc(N(C)C)cc3)cc21. The minimum Gasteiger partial charge on any atom is -0.480 e. The molecule has 0 spiro atoms. The molecule has 1 aromatic carbocycles. The van der Waals surface area contributed by atoms with Gasteiger partial charge in [-0.05, 0) is 73.7 Å². The van der Waals surface area contributed by atoms with Crippen LogP contribution in [-0.2, 0) is 10.2 Å². The first-order chi connectivity index (χ1) is 32.1. The minimum absolute atomic E-state index is 0.0294. The maximum Gasteiger partial charge on any atom is 0.172 e. The van der Waals surface area contributed by atoms with Crippen molar-refractivity contribution in [2.75, 3.05) is 19.0 Å². The van der Waals surface area contributed by atoms with Gasteiger partial charge in [0.1, 0.15) is 29.4 Å². The standard InChI is InChI=1S/C59H82N4OS2/c1-7-9-11-13-15-17-19-21-23-25-27-29-31-39-59(40-32-30-28-26-24-22-20-18-16-14-12-10-8-2)52-41-49(37-38-51-50(45-62)55(47(43-60)44-61)64-58(51,3)4)65-56(52)57-53(59)42-54(66-57)46-33-35-48(36-34-46)63(5)6/h33-38,41-42H,7-32,39-40H2,1-6H3/b38-37+. The van der Waals surface area contributed by atoms with Gasteiger partial charge in [0, 0.05) is 50.3 Å². The highest BCUT2D eigenvalue weighted by Crippen LogP contribution is 2.61. The van der Waals surface area contributed by atoms with E-state index in [0.29, 0.717) is 5.57 Å². The molecule has 0 saturated heterocycles. The summed E-state index contributed by atoms with van der Waals surface area (Å²) >= 11 is 3.83. The second-order valence-electron chi connectivity index (χ2n) is 20.0. The molecule has 0 bridgehead atoms. The van der Waals surface area contributed by atoms with Gasteiger partial charge in [-0.3, -0.25) is 0 Å². The number of allylic oxidation sites excluding steroid dienone is 2. The number of rotatable bonds is 32. The normalized spacial score (nSPS) is 14.6. The van der Waals surface area contributed by atoms with Crippen LogP contribution in [0.5, 0.6) is 0 Å². The first-order valence-electron chi connectivity index (χ1n) is 26.3. The molecule has 0 radical (unpaired) electrons. The van der Waals surface area contributed by atoms with Crippen LogP contribution < -0.4 is 4.90 Å². The first kappa shape index (κ1) is 52.9. The molecule has 7 heteroatoms. The quantitative estimate of drug-likeness (QED) is 0.0460. The number of unbranched alkanes of at least 4 members (excludes halogenated alkanes) is 24. The molecule has 2 aromatic heterocycles. The van der Waals surface area contributed by atoms with E-state index in [4.69, 9.17) is 4.74 Å². The van der Waals surface area contributed by atoms with E-state index in [2.05, 4.69) is 81.4 Å². The molecule has 5 rings (SSSR count). The number of nitriles is 3. The van der Waals surface area contributed by atoms with E-state index in [0.717, 1.165) is 4.88 Å². The maximum absolute atomic E-state index is 10.3. The summed E-state index contributed by atoms with van der Waals surface area (Å²) in [5.74, 6) is 0.0878. The number of hydrogen-bond acceptors (Lipinski definition) is 7. The fourth-order valence-electron chi connectivity index (χ4n) is 10.3. The Kier molecular flexibility index (Phi) is 22.2. The van der Waals surface area contributed by atoms with Crippen LogP contribution in [0.25, 0.3) is 26.3 Å². The molecule has 0 saturated carbocycles. The molecule has 2 aliphatic rings. The molecule has 3 heterocycles.